The van der Waals surface area contributed by atoms with E-state index in [9.17, 15) is 0 Å². The van der Waals surface area contributed by atoms with Crippen molar-refractivity contribution in [1.82, 2.24) is 9.97 Å². The zero-order chi connectivity index (χ0) is 15.7. The second-order valence-electron chi connectivity index (χ2n) is 5.82. The van der Waals surface area contributed by atoms with Crippen molar-refractivity contribution in [2.24, 2.45) is 0 Å². The van der Waals surface area contributed by atoms with E-state index in [0.717, 1.165) is 11.4 Å². The minimum atomic E-state index is 0.941. The van der Waals surface area contributed by atoms with Crippen LogP contribution in [0, 0.1) is 27.7 Å². The van der Waals surface area contributed by atoms with Crippen LogP contribution in [0.1, 0.15) is 22.3 Å². The maximum absolute atomic E-state index is 4.89. The van der Waals surface area contributed by atoms with E-state index in [-0.39, 0.29) is 0 Å². The van der Waals surface area contributed by atoms with E-state index in [0.29, 0.717) is 0 Å². The predicted molar refractivity (Wildman–Crippen MR) is 91.9 cm³/mol. The molecule has 0 fully saturated rings. The number of hydrogen-bond donors (Lipinski definition) is 0. The molecule has 1 aromatic heterocycles. The molecule has 0 unspecified atom stereocenters. The molecule has 0 aliphatic rings. The lowest BCUT2D eigenvalue weighted by atomic mass is 9.98. The molecule has 3 rings (SSSR count). The van der Waals surface area contributed by atoms with E-state index < -0.39 is 0 Å². The topological polar surface area (TPSA) is 25.8 Å². The number of hydrogen-bond acceptors (Lipinski definition) is 2. The second-order valence-corrected chi connectivity index (χ2v) is 5.82. The Morgan fingerprint density at radius 2 is 0.955 bits per heavy atom. The molecule has 0 atom stereocenters. The molecule has 110 valence electrons. The zero-order valence-electron chi connectivity index (χ0n) is 13.5. The number of nitrogens with zero attached hydrogens (tertiary/aromatic N) is 2. The van der Waals surface area contributed by atoms with Crippen LogP contribution in [-0.4, -0.2) is 9.97 Å². The van der Waals surface area contributed by atoms with Crippen molar-refractivity contribution in [1.29, 1.82) is 0 Å². The lowest BCUT2D eigenvalue weighted by molar-refractivity contribution is 1.18. The van der Waals surface area contributed by atoms with Crippen molar-refractivity contribution in [2.75, 3.05) is 0 Å². The molecule has 0 saturated carbocycles. The third-order valence-corrected chi connectivity index (χ3v) is 4.11. The average Bonchev–Trinajstić information content (AvgIpc) is 2.47. The number of benzene rings is 2. The predicted octanol–water partition coefficient (Wildman–Crippen LogP) is 5.04. The van der Waals surface area contributed by atoms with Gasteiger partial charge >= 0.3 is 0 Å². The van der Waals surface area contributed by atoms with E-state index in [1.807, 2.05) is 12.4 Å². The van der Waals surface area contributed by atoms with Crippen molar-refractivity contribution < 1.29 is 0 Å². The minimum Gasteiger partial charge on any atom is -0.260 e. The molecule has 0 N–H and O–H groups in total. The van der Waals surface area contributed by atoms with E-state index in [4.69, 9.17) is 4.98 Å². The van der Waals surface area contributed by atoms with Crippen LogP contribution in [0.15, 0.2) is 48.8 Å². The lowest BCUT2D eigenvalue weighted by Crippen LogP contribution is -1.96. The summed E-state index contributed by atoms with van der Waals surface area (Å²) in [6.07, 6.45) is 3.71. The van der Waals surface area contributed by atoms with Crippen molar-refractivity contribution in [3.8, 4) is 22.5 Å². The molecule has 0 radical (unpaired) electrons. The van der Waals surface area contributed by atoms with Gasteiger partial charge in [-0.2, -0.15) is 0 Å². The summed E-state index contributed by atoms with van der Waals surface area (Å²) in [4.78, 5) is 9.33. The van der Waals surface area contributed by atoms with Gasteiger partial charge in [0.15, 0.2) is 0 Å². The Balaban J connectivity index is 2.19. The van der Waals surface area contributed by atoms with Gasteiger partial charge in [-0.25, -0.2) is 4.98 Å². The highest BCUT2D eigenvalue weighted by Gasteiger charge is 2.11. The molecule has 0 amide bonds. The monoisotopic (exact) mass is 288 g/mol. The Bertz CT molecular complexity index is 728. The molecule has 1 heterocycles. The van der Waals surface area contributed by atoms with Crippen LogP contribution in [0.25, 0.3) is 22.5 Å². The normalized spacial score (nSPS) is 10.7. The van der Waals surface area contributed by atoms with Crippen LogP contribution in [0.2, 0.25) is 0 Å². The van der Waals surface area contributed by atoms with Crippen LogP contribution in [0.4, 0.5) is 0 Å². The SMILES string of the molecule is Cc1cccc(C)c1-c1cncc(-c2c(C)cccc2C)n1. The van der Waals surface area contributed by atoms with Gasteiger partial charge in [-0.05, 0) is 49.9 Å². The van der Waals surface area contributed by atoms with Gasteiger partial charge in [-0.15, -0.1) is 0 Å². The van der Waals surface area contributed by atoms with Crippen molar-refractivity contribution in [3.63, 3.8) is 0 Å². The van der Waals surface area contributed by atoms with Crippen molar-refractivity contribution >= 4 is 0 Å². The van der Waals surface area contributed by atoms with Gasteiger partial charge in [-0.1, -0.05) is 36.4 Å². The molecule has 2 nitrogen and oxygen atoms in total. The van der Waals surface area contributed by atoms with E-state index in [2.05, 4.69) is 69.1 Å². The summed E-state index contributed by atoms with van der Waals surface area (Å²) in [5, 5.41) is 0. The van der Waals surface area contributed by atoms with Crippen LogP contribution >= 0.6 is 0 Å². The molecule has 0 aliphatic heterocycles. The Morgan fingerprint density at radius 3 is 1.32 bits per heavy atom. The molecular formula is C20H20N2. The molecule has 2 aromatic carbocycles. The van der Waals surface area contributed by atoms with Crippen LogP contribution in [0.5, 0.6) is 0 Å². The Labute approximate surface area is 131 Å². The quantitative estimate of drug-likeness (QED) is 0.660. The third kappa shape index (κ3) is 2.52. The fourth-order valence-electron chi connectivity index (χ4n) is 3.04. The standard InChI is InChI=1S/C20H20N2/c1-13-7-5-8-14(2)19(13)17-11-21-12-18(22-17)20-15(3)9-6-10-16(20)4/h5-12H,1-4H3. The number of rotatable bonds is 2. The Kier molecular flexibility index (Phi) is 3.76. The molecule has 0 spiro atoms. The van der Waals surface area contributed by atoms with E-state index in [1.165, 1.54) is 33.4 Å². The lowest BCUT2D eigenvalue weighted by Gasteiger charge is -2.12. The molecule has 22 heavy (non-hydrogen) atoms. The second kappa shape index (κ2) is 5.72. The van der Waals surface area contributed by atoms with E-state index in [1.54, 1.807) is 0 Å². The fourth-order valence-corrected chi connectivity index (χ4v) is 3.04. The van der Waals surface area contributed by atoms with E-state index >= 15 is 0 Å². The highest BCUT2D eigenvalue weighted by molar-refractivity contribution is 5.72. The van der Waals surface area contributed by atoms with Gasteiger partial charge in [0.1, 0.15) is 0 Å². The maximum atomic E-state index is 4.89. The van der Waals surface area contributed by atoms with Crippen LogP contribution < -0.4 is 0 Å². The maximum Gasteiger partial charge on any atom is 0.0898 e. The summed E-state index contributed by atoms with van der Waals surface area (Å²) in [6.45, 7) is 8.48. The molecule has 2 heteroatoms. The third-order valence-electron chi connectivity index (χ3n) is 4.11. The first kappa shape index (κ1) is 14.5. The number of aryl methyl sites for hydroxylation is 4. The zero-order valence-corrected chi connectivity index (χ0v) is 13.5. The summed E-state index contributed by atoms with van der Waals surface area (Å²) in [5.41, 5.74) is 9.17. The first-order valence-corrected chi connectivity index (χ1v) is 7.53. The van der Waals surface area contributed by atoms with Crippen molar-refractivity contribution in [3.05, 3.63) is 71.0 Å². The summed E-state index contributed by atoms with van der Waals surface area (Å²) < 4.78 is 0. The van der Waals surface area contributed by atoms with Crippen LogP contribution in [-0.2, 0) is 0 Å². The van der Waals surface area contributed by atoms with Gasteiger partial charge in [-0.3, -0.25) is 4.98 Å². The molecule has 3 aromatic rings. The van der Waals surface area contributed by atoms with Gasteiger partial charge in [0.25, 0.3) is 0 Å². The molecule has 0 bridgehead atoms. The summed E-state index contributed by atoms with van der Waals surface area (Å²) >= 11 is 0. The summed E-state index contributed by atoms with van der Waals surface area (Å²) in [6, 6.07) is 12.6. The number of aromatic nitrogens is 2. The first-order valence-electron chi connectivity index (χ1n) is 7.53. The summed E-state index contributed by atoms with van der Waals surface area (Å²) in [5.74, 6) is 0. The van der Waals surface area contributed by atoms with Crippen LogP contribution in [0.3, 0.4) is 0 Å². The molecular weight excluding hydrogens is 268 g/mol. The average molecular weight is 288 g/mol. The highest BCUT2D eigenvalue weighted by Crippen LogP contribution is 2.29. The summed E-state index contributed by atoms with van der Waals surface area (Å²) in [7, 11) is 0. The minimum absolute atomic E-state index is 0.941. The first-order chi connectivity index (χ1) is 10.6. The van der Waals surface area contributed by atoms with Crippen molar-refractivity contribution in [2.45, 2.75) is 27.7 Å². The fraction of sp³-hybridized carbons (Fsp3) is 0.200. The van der Waals surface area contributed by atoms with Gasteiger partial charge in [0, 0.05) is 11.1 Å². The highest BCUT2D eigenvalue weighted by atomic mass is 14.8. The van der Waals surface area contributed by atoms with Gasteiger partial charge < -0.3 is 0 Å². The Hall–Kier alpha value is -2.48. The Morgan fingerprint density at radius 1 is 0.591 bits per heavy atom. The van der Waals surface area contributed by atoms with Gasteiger partial charge in [0.2, 0.25) is 0 Å². The molecule has 0 aliphatic carbocycles. The largest absolute Gasteiger partial charge is 0.260 e. The van der Waals surface area contributed by atoms with Gasteiger partial charge in [0.05, 0.1) is 23.8 Å². The smallest absolute Gasteiger partial charge is 0.0898 e. The molecule has 0 saturated heterocycles.